The molecule has 0 aliphatic heterocycles. The largest absolute Gasteiger partial charge is 0.302 e. The van der Waals surface area contributed by atoms with Crippen LogP contribution >= 0.6 is 0 Å². The van der Waals surface area contributed by atoms with Crippen LogP contribution in [0.25, 0.3) is 0 Å². The number of rotatable bonds is 4. The Morgan fingerprint density at radius 3 is 2.88 bits per heavy atom. The van der Waals surface area contributed by atoms with Crippen molar-refractivity contribution in [2.45, 2.75) is 19.4 Å². The molecule has 0 unspecified atom stereocenters. The van der Waals surface area contributed by atoms with Gasteiger partial charge in [0.15, 0.2) is 0 Å². The first kappa shape index (κ1) is 11.1. The Morgan fingerprint density at radius 2 is 2.25 bits per heavy atom. The van der Waals surface area contributed by atoms with Crippen LogP contribution in [0.3, 0.4) is 0 Å². The standard InChI is InChI=1S/C13H15FN2/c1-16(8-10-2-3-10)9-12-6-11(7-15)4-5-13(12)14/h4-6,10H,2-3,8-9H2,1H3. The van der Waals surface area contributed by atoms with Crippen molar-refractivity contribution in [2.75, 3.05) is 13.6 Å². The highest BCUT2D eigenvalue weighted by Crippen LogP contribution is 2.29. The SMILES string of the molecule is CN(Cc1cc(C#N)ccc1F)CC1CC1. The molecular weight excluding hydrogens is 203 g/mol. The van der Waals surface area contributed by atoms with E-state index in [2.05, 4.69) is 4.90 Å². The fourth-order valence-corrected chi connectivity index (χ4v) is 1.86. The van der Waals surface area contributed by atoms with Gasteiger partial charge >= 0.3 is 0 Å². The highest BCUT2D eigenvalue weighted by molar-refractivity contribution is 5.33. The molecule has 0 amide bonds. The van der Waals surface area contributed by atoms with Gasteiger partial charge in [0.05, 0.1) is 11.6 Å². The molecule has 2 nitrogen and oxygen atoms in total. The molecule has 0 atom stereocenters. The summed E-state index contributed by atoms with van der Waals surface area (Å²) in [6.45, 7) is 1.61. The molecule has 0 aromatic heterocycles. The summed E-state index contributed by atoms with van der Waals surface area (Å²) in [5.74, 6) is 0.578. The Balaban J connectivity index is 2.04. The molecule has 1 aromatic carbocycles. The van der Waals surface area contributed by atoms with Crippen molar-refractivity contribution in [3.8, 4) is 6.07 Å². The van der Waals surface area contributed by atoms with Crippen LogP contribution in [0.15, 0.2) is 18.2 Å². The average molecular weight is 218 g/mol. The number of hydrogen-bond acceptors (Lipinski definition) is 2. The Morgan fingerprint density at radius 1 is 1.50 bits per heavy atom. The first-order valence-corrected chi connectivity index (χ1v) is 5.56. The van der Waals surface area contributed by atoms with Gasteiger partial charge in [0.2, 0.25) is 0 Å². The summed E-state index contributed by atoms with van der Waals surface area (Å²) >= 11 is 0. The van der Waals surface area contributed by atoms with E-state index in [1.807, 2.05) is 13.1 Å². The molecule has 0 spiro atoms. The van der Waals surface area contributed by atoms with Gasteiger partial charge in [-0.1, -0.05) is 0 Å². The molecule has 1 aliphatic carbocycles. The van der Waals surface area contributed by atoms with E-state index in [-0.39, 0.29) is 5.82 Å². The molecule has 0 N–H and O–H groups in total. The van der Waals surface area contributed by atoms with Gasteiger partial charge in [-0.25, -0.2) is 4.39 Å². The third-order valence-electron chi connectivity index (χ3n) is 2.88. The Labute approximate surface area is 95.3 Å². The lowest BCUT2D eigenvalue weighted by molar-refractivity contribution is 0.308. The Hall–Kier alpha value is -1.40. The minimum absolute atomic E-state index is 0.221. The molecule has 3 heteroatoms. The van der Waals surface area contributed by atoms with Crippen LogP contribution in [0.5, 0.6) is 0 Å². The zero-order valence-corrected chi connectivity index (χ0v) is 9.41. The van der Waals surface area contributed by atoms with Gasteiger partial charge in [-0.05, 0) is 44.0 Å². The van der Waals surface area contributed by atoms with Gasteiger partial charge in [-0.2, -0.15) is 5.26 Å². The van der Waals surface area contributed by atoms with Gasteiger partial charge in [-0.15, -0.1) is 0 Å². The van der Waals surface area contributed by atoms with E-state index in [4.69, 9.17) is 5.26 Å². The second-order valence-corrected chi connectivity index (χ2v) is 4.56. The molecule has 2 rings (SSSR count). The lowest BCUT2D eigenvalue weighted by Gasteiger charge is -2.16. The van der Waals surface area contributed by atoms with Crippen LogP contribution in [0.2, 0.25) is 0 Å². The van der Waals surface area contributed by atoms with Crippen molar-refractivity contribution < 1.29 is 4.39 Å². The molecule has 1 saturated carbocycles. The van der Waals surface area contributed by atoms with Crippen LogP contribution in [0.4, 0.5) is 4.39 Å². The van der Waals surface area contributed by atoms with Crippen molar-refractivity contribution >= 4 is 0 Å². The maximum Gasteiger partial charge on any atom is 0.127 e. The lowest BCUT2D eigenvalue weighted by atomic mass is 10.1. The summed E-state index contributed by atoms with van der Waals surface area (Å²) in [6, 6.07) is 6.56. The van der Waals surface area contributed by atoms with Crippen molar-refractivity contribution in [3.63, 3.8) is 0 Å². The van der Waals surface area contributed by atoms with E-state index < -0.39 is 0 Å². The first-order chi connectivity index (χ1) is 7.69. The summed E-state index contributed by atoms with van der Waals surface area (Å²) < 4.78 is 13.5. The summed E-state index contributed by atoms with van der Waals surface area (Å²) in [5, 5.41) is 8.76. The maximum absolute atomic E-state index is 13.5. The second-order valence-electron chi connectivity index (χ2n) is 4.56. The second kappa shape index (κ2) is 4.63. The highest BCUT2D eigenvalue weighted by atomic mass is 19.1. The van der Waals surface area contributed by atoms with Crippen LogP contribution in [0, 0.1) is 23.1 Å². The minimum Gasteiger partial charge on any atom is -0.302 e. The molecule has 1 aliphatic rings. The van der Waals surface area contributed by atoms with Crippen LogP contribution < -0.4 is 0 Å². The van der Waals surface area contributed by atoms with Gasteiger partial charge in [0.25, 0.3) is 0 Å². The van der Waals surface area contributed by atoms with Crippen molar-refractivity contribution in [1.82, 2.24) is 4.90 Å². The van der Waals surface area contributed by atoms with Crippen molar-refractivity contribution in [3.05, 3.63) is 35.1 Å². The maximum atomic E-state index is 13.5. The summed E-state index contributed by atoms with van der Waals surface area (Å²) in [6.07, 6.45) is 2.59. The molecule has 0 bridgehead atoms. The fraction of sp³-hybridized carbons (Fsp3) is 0.462. The molecule has 0 saturated heterocycles. The van der Waals surface area contributed by atoms with Crippen LogP contribution in [-0.4, -0.2) is 18.5 Å². The number of benzene rings is 1. The van der Waals surface area contributed by atoms with E-state index in [0.29, 0.717) is 17.7 Å². The third kappa shape index (κ3) is 2.80. The predicted octanol–water partition coefficient (Wildman–Crippen LogP) is 2.54. The fourth-order valence-electron chi connectivity index (χ4n) is 1.86. The predicted molar refractivity (Wildman–Crippen MR) is 60.2 cm³/mol. The van der Waals surface area contributed by atoms with Crippen LogP contribution in [-0.2, 0) is 6.54 Å². The summed E-state index contributed by atoms with van der Waals surface area (Å²) in [5.41, 5.74) is 1.14. The zero-order valence-electron chi connectivity index (χ0n) is 9.41. The van der Waals surface area contributed by atoms with E-state index in [1.54, 1.807) is 6.07 Å². The minimum atomic E-state index is -0.221. The van der Waals surface area contributed by atoms with E-state index in [1.165, 1.54) is 25.0 Å². The summed E-state index contributed by atoms with van der Waals surface area (Å²) in [4.78, 5) is 2.12. The topological polar surface area (TPSA) is 27.0 Å². The van der Waals surface area contributed by atoms with E-state index in [9.17, 15) is 4.39 Å². The van der Waals surface area contributed by atoms with E-state index in [0.717, 1.165) is 12.5 Å². The molecular formula is C13H15FN2. The lowest BCUT2D eigenvalue weighted by Crippen LogP contribution is -2.21. The highest BCUT2D eigenvalue weighted by Gasteiger charge is 2.23. The normalized spacial score (nSPS) is 15.1. The number of halogens is 1. The van der Waals surface area contributed by atoms with Gasteiger partial charge in [0.1, 0.15) is 5.82 Å². The first-order valence-electron chi connectivity index (χ1n) is 5.56. The Kier molecular flexibility index (Phi) is 3.21. The van der Waals surface area contributed by atoms with Crippen LogP contribution in [0.1, 0.15) is 24.0 Å². The Bertz CT molecular complexity index is 418. The van der Waals surface area contributed by atoms with Gasteiger partial charge < -0.3 is 4.90 Å². The monoisotopic (exact) mass is 218 g/mol. The third-order valence-corrected chi connectivity index (χ3v) is 2.88. The number of hydrogen-bond donors (Lipinski definition) is 0. The molecule has 84 valence electrons. The van der Waals surface area contributed by atoms with Crippen molar-refractivity contribution in [1.29, 1.82) is 5.26 Å². The molecule has 1 aromatic rings. The smallest absolute Gasteiger partial charge is 0.127 e. The molecule has 16 heavy (non-hydrogen) atoms. The quantitative estimate of drug-likeness (QED) is 0.776. The molecule has 0 heterocycles. The molecule has 0 radical (unpaired) electrons. The van der Waals surface area contributed by atoms with Gasteiger partial charge in [-0.3, -0.25) is 0 Å². The average Bonchev–Trinajstić information content (AvgIpc) is 3.05. The van der Waals surface area contributed by atoms with Gasteiger partial charge in [0, 0.05) is 18.7 Å². The zero-order chi connectivity index (χ0) is 11.5. The molecule has 1 fully saturated rings. The number of nitrogens with zero attached hydrogens (tertiary/aromatic N) is 2. The number of nitriles is 1. The van der Waals surface area contributed by atoms with Crippen molar-refractivity contribution in [2.24, 2.45) is 5.92 Å². The summed E-state index contributed by atoms with van der Waals surface area (Å²) in [7, 11) is 2.00. The van der Waals surface area contributed by atoms with E-state index >= 15 is 0 Å².